The summed E-state index contributed by atoms with van der Waals surface area (Å²) >= 11 is 4.21. The van der Waals surface area contributed by atoms with E-state index in [1.807, 2.05) is 0 Å². The van der Waals surface area contributed by atoms with Crippen LogP contribution in [0.2, 0.25) is 0 Å². The lowest BCUT2D eigenvalue weighted by Gasteiger charge is -2.03. The van der Waals surface area contributed by atoms with Gasteiger partial charge in [0.05, 0.1) is 0 Å². The molecule has 0 aromatic carbocycles. The monoisotopic (exact) mass is 376 g/mol. The number of nitrogens with zero attached hydrogens (tertiary/aromatic N) is 2. The van der Waals surface area contributed by atoms with Crippen molar-refractivity contribution < 1.29 is 0 Å². The normalized spacial score (nSPS) is 9.73. The van der Waals surface area contributed by atoms with E-state index in [1.165, 1.54) is 0 Å². The Hall–Kier alpha value is 0.140. The Kier molecular flexibility index (Phi) is 3.10. The smallest absolute Gasteiger partial charge is 0.169 e. The lowest BCUT2D eigenvalue weighted by Crippen LogP contribution is -2.04. The topological polar surface area (TPSA) is 63.8 Å². The van der Waals surface area contributed by atoms with Crippen LogP contribution in [-0.4, -0.2) is 17.0 Å². The SMILES string of the molecule is CNc1nc(I)c(I)nc1N. The molecule has 1 aromatic heterocycles. The minimum absolute atomic E-state index is 0.442. The summed E-state index contributed by atoms with van der Waals surface area (Å²) in [5.41, 5.74) is 5.56. The second kappa shape index (κ2) is 3.70. The highest BCUT2D eigenvalue weighted by Gasteiger charge is 2.04. The highest BCUT2D eigenvalue weighted by atomic mass is 127. The van der Waals surface area contributed by atoms with E-state index in [2.05, 4.69) is 60.5 Å². The molecule has 0 amide bonds. The predicted octanol–water partition coefficient (Wildman–Crippen LogP) is 1.31. The van der Waals surface area contributed by atoms with Crippen molar-refractivity contribution in [2.24, 2.45) is 0 Å². The molecule has 0 radical (unpaired) electrons. The third-order valence-electron chi connectivity index (χ3n) is 1.08. The lowest BCUT2D eigenvalue weighted by molar-refractivity contribution is 1.12. The van der Waals surface area contributed by atoms with E-state index in [9.17, 15) is 0 Å². The molecule has 6 heteroatoms. The van der Waals surface area contributed by atoms with E-state index in [4.69, 9.17) is 5.73 Å². The van der Waals surface area contributed by atoms with Crippen LogP contribution in [0.25, 0.3) is 0 Å². The molecule has 11 heavy (non-hydrogen) atoms. The molecule has 0 aliphatic carbocycles. The number of nitrogens with one attached hydrogen (secondary N) is 1. The van der Waals surface area contributed by atoms with E-state index in [0.29, 0.717) is 11.6 Å². The lowest BCUT2D eigenvalue weighted by atomic mass is 10.6. The summed E-state index contributed by atoms with van der Waals surface area (Å²) < 4.78 is 1.70. The van der Waals surface area contributed by atoms with Crippen LogP contribution in [0.3, 0.4) is 0 Å². The Labute approximate surface area is 91.6 Å². The molecule has 0 spiro atoms. The van der Waals surface area contributed by atoms with Gasteiger partial charge in [0.2, 0.25) is 0 Å². The Balaban J connectivity index is 3.21. The van der Waals surface area contributed by atoms with Gasteiger partial charge in [-0.25, -0.2) is 9.97 Å². The van der Waals surface area contributed by atoms with Gasteiger partial charge in [0, 0.05) is 7.05 Å². The zero-order valence-corrected chi connectivity index (χ0v) is 10.0. The van der Waals surface area contributed by atoms with Crippen LogP contribution in [0.4, 0.5) is 11.6 Å². The zero-order chi connectivity index (χ0) is 8.43. The average molecular weight is 376 g/mol. The average Bonchev–Trinajstić information content (AvgIpc) is 1.97. The van der Waals surface area contributed by atoms with Crippen LogP contribution in [0.1, 0.15) is 0 Å². The maximum Gasteiger partial charge on any atom is 0.169 e. The van der Waals surface area contributed by atoms with Gasteiger partial charge in [-0.15, -0.1) is 0 Å². The van der Waals surface area contributed by atoms with Gasteiger partial charge in [-0.1, -0.05) is 0 Å². The van der Waals surface area contributed by atoms with Crippen LogP contribution in [0.5, 0.6) is 0 Å². The molecule has 1 heterocycles. The Morgan fingerprint density at radius 3 is 2.36 bits per heavy atom. The molecule has 0 fully saturated rings. The molecule has 0 aliphatic heterocycles. The third kappa shape index (κ3) is 2.04. The van der Waals surface area contributed by atoms with Crippen molar-refractivity contribution in [2.75, 3.05) is 18.1 Å². The fourth-order valence-electron chi connectivity index (χ4n) is 0.590. The van der Waals surface area contributed by atoms with E-state index >= 15 is 0 Å². The van der Waals surface area contributed by atoms with Gasteiger partial charge < -0.3 is 11.1 Å². The molecule has 0 aliphatic rings. The molecule has 1 aromatic rings. The van der Waals surface area contributed by atoms with Crippen LogP contribution >= 0.6 is 45.2 Å². The quantitative estimate of drug-likeness (QED) is 0.726. The van der Waals surface area contributed by atoms with Crippen LogP contribution in [-0.2, 0) is 0 Å². The maximum absolute atomic E-state index is 5.56. The molecule has 3 N–H and O–H groups in total. The number of hydrogen-bond acceptors (Lipinski definition) is 4. The molecular formula is C5H6I2N4. The highest BCUT2D eigenvalue weighted by molar-refractivity contribution is 14.1. The fourth-order valence-corrected chi connectivity index (χ4v) is 1.33. The minimum Gasteiger partial charge on any atom is -0.381 e. The number of aromatic nitrogens is 2. The Bertz CT molecular complexity index is 275. The summed E-state index contributed by atoms with van der Waals surface area (Å²) in [6.45, 7) is 0. The van der Waals surface area contributed by atoms with Crippen molar-refractivity contribution in [3.8, 4) is 0 Å². The number of hydrogen-bond donors (Lipinski definition) is 2. The zero-order valence-electron chi connectivity index (χ0n) is 5.73. The largest absolute Gasteiger partial charge is 0.381 e. The summed E-state index contributed by atoms with van der Waals surface area (Å²) in [6, 6.07) is 0. The van der Waals surface area contributed by atoms with Crippen molar-refractivity contribution >= 4 is 56.8 Å². The van der Waals surface area contributed by atoms with Crippen molar-refractivity contribution in [2.45, 2.75) is 0 Å². The molecule has 0 unspecified atom stereocenters. The van der Waals surface area contributed by atoms with Gasteiger partial charge in [-0.2, -0.15) is 0 Å². The van der Waals surface area contributed by atoms with Crippen molar-refractivity contribution in [1.29, 1.82) is 0 Å². The van der Waals surface area contributed by atoms with E-state index in [1.54, 1.807) is 7.05 Å². The fraction of sp³-hybridized carbons (Fsp3) is 0.200. The minimum atomic E-state index is 0.442. The van der Waals surface area contributed by atoms with E-state index < -0.39 is 0 Å². The second-order valence-corrected chi connectivity index (χ2v) is 3.83. The number of nitrogens with two attached hydrogens (primary N) is 1. The molecule has 4 nitrogen and oxygen atoms in total. The highest BCUT2D eigenvalue weighted by Crippen LogP contribution is 2.17. The number of rotatable bonds is 1. The summed E-state index contributed by atoms with van der Waals surface area (Å²) in [7, 11) is 1.77. The third-order valence-corrected chi connectivity index (χ3v) is 3.61. The summed E-state index contributed by atoms with van der Waals surface area (Å²) in [5, 5.41) is 2.86. The first-order valence-corrected chi connectivity index (χ1v) is 4.97. The molecule has 1 rings (SSSR count). The number of anilines is 2. The summed E-state index contributed by atoms with van der Waals surface area (Å²) in [6.07, 6.45) is 0. The molecule has 0 atom stereocenters. The first kappa shape index (κ1) is 9.23. The maximum atomic E-state index is 5.56. The van der Waals surface area contributed by atoms with Gasteiger partial charge in [-0.05, 0) is 45.2 Å². The van der Waals surface area contributed by atoms with Crippen LogP contribution in [0.15, 0.2) is 0 Å². The second-order valence-electron chi connectivity index (χ2n) is 1.79. The van der Waals surface area contributed by atoms with Gasteiger partial charge >= 0.3 is 0 Å². The van der Waals surface area contributed by atoms with Crippen molar-refractivity contribution in [1.82, 2.24) is 9.97 Å². The predicted molar refractivity (Wildman–Crippen MR) is 61.4 cm³/mol. The molecule has 60 valence electrons. The van der Waals surface area contributed by atoms with Crippen LogP contribution in [0, 0.1) is 7.40 Å². The van der Waals surface area contributed by atoms with Gasteiger partial charge in [0.25, 0.3) is 0 Å². The first-order chi connectivity index (χ1) is 5.15. The molecule has 0 saturated heterocycles. The van der Waals surface area contributed by atoms with Gasteiger partial charge in [0.1, 0.15) is 7.40 Å². The Morgan fingerprint density at radius 1 is 1.27 bits per heavy atom. The Morgan fingerprint density at radius 2 is 1.82 bits per heavy atom. The van der Waals surface area contributed by atoms with Gasteiger partial charge in [-0.3, -0.25) is 0 Å². The molecule has 0 saturated carbocycles. The summed E-state index contributed by atoms with van der Waals surface area (Å²) in [4.78, 5) is 8.25. The number of halogens is 2. The number of nitrogen functional groups attached to an aromatic ring is 1. The molecular weight excluding hydrogens is 370 g/mol. The van der Waals surface area contributed by atoms with Crippen LogP contribution < -0.4 is 11.1 Å². The summed E-state index contributed by atoms with van der Waals surface area (Å²) in [5.74, 6) is 1.08. The van der Waals surface area contributed by atoms with E-state index in [-0.39, 0.29) is 0 Å². The van der Waals surface area contributed by atoms with E-state index in [0.717, 1.165) is 7.40 Å². The van der Waals surface area contributed by atoms with Crippen molar-refractivity contribution in [3.05, 3.63) is 7.40 Å². The standard InChI is InChI=1S/C5H6I2N4/c1-9-5-4(8)10-2(6)3(7)11-5/h1H3,(H2,8,10)(H,9,11). The van der Waals surface area contributed by atoms with Gasteiger partial charge in [0.15, 0.2) is 11.6 Å². The first-order valence-electron chi connectivity index (χ1n) is 2.81. The van der Waals surface area contributed by atoms with Crippen molar-refractivity contribution in [3.63, 3.8) is 0 Å². The molecule has 0 bridgehead atoms.